The number of aromatic nitrogens is 1. The van der Waals surface area contributed by atoms with Gasteiger partial charge in [-0.3, -0.25) is 0 Å². The molecule has 0 fully saturated rings. The van der Waals surface area contributed by atoms with Gasteiger partial charge in [0.05, 0.1) is 22.3 Å². The van der Waals surface area contributed by atoms with Crippen LogP contribution in [0, 0.1) is 0 Å². The van der Waals surface area contributed by atoms with E-state index in [-0.39, 0.29) is 0 Å². The summed E-state index contributed by atoms with van der Waals surface area (Å²) in [5.74, 6) is 0. The van der Waals surface area contributed by atoms with Crippen LogP contribution in [0.4, 0.5) is 5.69 Å². The van der Waals surface area contributed by atoms with E-state index < -0.39 is 0 Å². The first-order chi connectivity index (χ1) is 8.72. The molecule has 0 saturated carbocycles. The molecule has 94 valence electrons. The number of aryl methyl sites for hydroxylation is 1. The van der Waals surface area contributed by atoms with Gasteiger partial charge in [-0.1, -0.05) is 23.2 Å². The fourth-order valence-electron chi connectivity index (χ4n) is 2.33. The Kier molecular flexibility index (Phi) is 3.46. The van der Waals surface area contributed by atoms with E-state index >= 15 is 0 Å². The van der Waals surface area contributed by atoms with Crippen LogP contribution in [0.1, 0.15) is 29.3 Å². The predicted octanol–water partition coefficient (Wildman–Crippen LogP) is 4.94. The number of rotatable bonds is 2. The zero-order chi connectivity index (χ0) is 12.5. The largest absolute Gasteiger partial charge is 0.377 e. The summed E-state index contributed by atoms with van der Waals surface area (Å²) >= 11 is 13.6. The van der Waals surface area contributed by atoms with Crippen molar-refractivity contribution in [2.24, 2.45) is 0 Å². The number of hydrogen-bond donors (Lipinski definition) is 1. The third kappa shape index (κ3) is 2.48. The van der Waals surface area contributed by atoms with Crippen molar-refractivity contribution in [2.45, 2.75) is 25.3 Å². The fourth-order valence-corrected chi connectivity index (χ4v) is 3.83. The number of nitrogens with zero attached hydrogens (tertiary/aromatic N) is 1. The van der Waals surface area contributed by atoms with Crippen molar-refractivity contribution in [1.82, 2.24) is 4.98 Å². The Morgan fingerprint density at radius 1 is 1.33 bits per heavy atom. The summed E-state index contributed by atoms with van der Waals surface area (Å²) in [7, 11) is 0. The van der Waals surface area contributed by atoms with Gasteiger partial charge in [0.1, 0.15) is 5.15 Å². The molecule has 1 aliphatic carbocycles. The normalized spacial score (nSPS) is 18.4. The summed E-state index contributed by atoms with van der Waals surface area (Å²) in [6, 6.07) is 6.17. The number of anilines is 1. The van der Waals surface area contributed by atoms with E-state index in [1.807, 2.05) is 6.07 Å². The predicted molar refractivity (Wildman–Crippen MR) is 77.9 cm³/mol. The summed E-state index contributed by atoms with van der Waals surface area (Å²) in [6.07, 6.45) is 5.24. The third-order valence-electron chi connectivity index (χ3n) is 3.15. The van der Waals surface area contributed by atoms with Gasteiger partial charge in [0.15, 0.2) is 0 Å². The quantitative estimate of drug-likeness (QED) is 0.794. The molecule has 0 radical (unpaired) electrons. The molecule has 0 bridgehead atoms. The summed E-state index contributed by atoms with van der Waals surface area (Å²) in [5.41, 5.74) is 2.34. The van der Waals surface area contributed by atoms with Crippen molar-refractivity contribution in [1.29, 1.82) is 0 Å². The van der Waals surface area contributed by atoms with Crippen molar-refractivity contribution in [3.8, 4) is 0 Å². The molecule has 2 aromatic heterocycles. The minimum atomic E-state index is 0.334. The molecule has 2 nitrogen and oxygen atoms in total. The van der Waals surface area contributed by atoms with Gasteiger partial charge in [0, 0.05) is 4.88 Å². The maximum absolute atomic E-state index is 6.10. The molecule has 2 aromatic rings. The number of pyridine rings is 1. The Labute approximate surface area is 120 Å². The number of fused-ring (bicyclic) bond motifs is 1. The van der Waals surface area contributed by atoms with E-state index in [1.165, 1.54) is 16.9 Å². The van der Waals surface area contributed by atoms with Crippen LogP contribution in [-0.4, -0.2) is 4.98 Å². The highest BCUT2D eigenvalue weighted by molar-refractivity contribution is 7.16. The highest BCUT2D eigenvalue weighted by Gasteiger charge is 2.22. The molecule has 0 aromatic carbocycles. The van der Waals surface area contributed by atoms with Crippen molar-refractivity contribution in [3.63, 3.8) is 0 Å². The van der Waals surface area contributed by atoms with E-state index in [0.717, 1.165) is 22.9 Å². The molecule has 0 spiro atoms. The molecule has 5 heteroatoms. The molecular weight excluding hydrogens is 287 g/mol. The van der Waals surface area contributed by atoms with Gasteiger partial charge < -0.3 is 5.32 Å². The van der Waals surface area contributed by atoms with E-state index in [9.17, 15) is 0 Å². The van der Waals surface area contributed by atoms with Gasteiger partial charge in [-0.15, -0.1) is 11.3 Å². The van der Waals surface area contributed by atoms with Crippen LogP contribution < -0.4 is 5.32 Å². The lowest BCUT2D eigenvalue weighted by atomic mass is 9.94. The van der Waals surface area contributed by atoms with Crippen LogP contribution in [0.3, 0.4) is 0 Å². The van der Waals surface area contributed by atoms with E-state index in [1.54, 1.807) is 23.6 Å². The van der Waals surface area contributed by atoms with Crippen molar-refractivity contribution in [2.75, 3.05) is 5.32 Å². The first kappa shape index (κ1) is 12.3. The second-order valence-electron chi connectivity index (χ2n) is 4.39. The first-order valence-corrected chi connectivity index (χ1v) is 7.46. The van der Waals surface area contributed by atoms with Gasteiger partial charge in [-0.25, -0.2) is 4.98 Å². The van der Waals surface area contributed by atoms with Crippen molar-refractivity contribution < 1.29 is 0 Å². The smallest absolute Gasteiger partial charge is 0.129 e. The van der Waals surface area contributed by atoms with Crippen LogP contribution in [0.5, 0.6) is 0 Å². The van der Waals surface area contributed by atoms with Crippen LogP contribution in [0.15, 0.2) is 24.4 Å². The molecule has 1 N–H and O–H groups in total. The Morgan fingerprint density at radius 2 is 2.22 bits per heavy atom. The monoisotopic (exact) mass is 298 g/mol. The number of thiophene rings is 1. The Hall–Kier alpha value is -0.770. The summed E-state index contributed by atoms with van der Waals surface area (Å²) < 4.78 is 0.878. The van der Waals surface area contributed by atoms with Crippen LogP contribution in [0.2, 0.25) is 9.49 Å². The fraction of sp³-hybridized carbons (Fsp3) is 0.308. The minimum Gasteiger partial charge on any atom is -0.377 e. The third-order valence-corrected chi connectivity index (χ3v) is 4.72. The maximum Gasteiger partial charge on any atom is 0.129 e. The zero-order valence-electron chi connectivity index (χ0n) is 9.62. The lowest BCUT2D eigenvalue weighted by molar-refractivity contribution is 0.608. The lowest BCUT2D eigenvalue weighted by Crippen LogP contribution is -2.15. The Balaban J connectivity index is 1.83. The first-order valence-electron chi connectivity index (χ1n) is 5.88. The lowest BCUT2D eigenvalue weighted by Gasteiger charge is -2.24. The van der Waals surface area contributed by atoms with Gasteiger partial charge >= 0.3 is 0 Å². The second-order valence-corrected chi connectivity index (χ2v) is 6.54. The molecule has 0 aliphatic heterocycles. The van der Waals surface area contributed by atoms with E-state index in [2.05, 4.69) is 16.4 Å². The molecule has 0 saturated heterocycles. The van der Waals surface area contributed by atoms with Gasteiger partial charge in [0.25, 0.3) is 0 Å². The average molecular weight is 299 g/mol. The SMILES string of the molecule is Clc1ccc(NC2CCCc3sc(Cl)cc32)cn1. The number of halogens is 2. The van der Waals surface area contributed by atoms with E-state index in [4.69, 9.17) is 23.2 Å². The molecule has 1 atom stereocenters. The second kappa shape index (κ2) is 5.08. The van der Waals surface area contributed by atoms with Gasteiger partial charge in [-0.2, -0.15) is 0 Å². The van der Waals surface area contributed by atoms with E-state index in [0.29, 0.717) is 11.2 Å². The molecular formula is C13H12Cl2N2S. The number of nitrogens with one attached hydrogen (secondary N) is 1. The standard InChI is InChI=1S/C13H12Cl2N2S/c14-12-5-4-8(7-16-12)17-10-2-1-3-11-9(10)6-13(15)18-11/h4-7,10,17H,1-3H2. The van der Waals surface area contributed by atoms with Crippen LogP contribution in [-0.2, 0) is 6.42 Å². The maximum atomic E-state index is 6.10. The van der Waals surface area contributed by atoms with Crippen LogP contribution >= 0.6 is 34.5 Å². The number of hydrogen-bond acceptors (Lipinski definition) is 3. The molecule has 1 unspecified atom stereocenters. The highest BCUT2D eigenvalue weighted by atomic mass is 35.5. The van der Waals surface area contributed by atoms with Crippen LogP contribution in [0.25, 0.3) is 0 Å². The molecule has 2 heterocycles. The Bertz CT molecular complexity index is 551. The summed E-state index contributed by atoms with van der Waals surface area (Å²) in [4.78, 5) is 5.49. The molecule has 3 rings (SSSR count). The average Bonchev–Trinajstić information content (AvgIpc) is 2.73. The highest BCUT2D eigenvalue weighted by Crippen LogP contribution is 2.39. The Morgan fingerprint density at radius 3 is 3.00 bits per heavy atom. The van der Waals surface area contributed by atoms with Crippen molar-refractivity contribution in [3.05, 3.63) is 44.3 Å². The minimum absolute atomic E-state index is 0.334. The molecule has 1 aliphatic rings. The molecule has 0 amide bonds. The van der Waals surface area contributed by atoms with Crippen molar-refractivity contribution >= 4 is 40.2 Å². The van der Waals surface area contributed by atoms with Gasteiger partial charge in [-0.05, 0) is 43.0 Å². The van der Waals surface area contributed by atoms with Gasteiger partial charge in [0.2, 0.25) is 0 Å². The topological polar surface area (TPSA) is 24.9 Å². The zero-order valence-corrected chi connectivity index (χ0v) is 11.9. The summed E-state index contributed by atoms with van der Waals surface area (Å²) in [5, 5.41) is 4.02. The molecule has 18 heavy (non-hydrogen) atoms. The summed E-state index contributed by atoms with van der Waals surface area (Å²) in [6.45, 7) is 0.